The number of ether oxygens (including phenoxy) is 2. The van der Waals surface area contributed by atoms with Crippen molar-refractivity contribution in [2.45, 2.75) is 38.2 Å². The Morgan fingerprint density at radius 1 is 1.42 bits per heavy atom. The Morgan fingerprint density at radius 2 is 2.19 bits per heavy atom. The average Bonchev–Trinajstić information content (AvgIpc) is 3.02. The molecule has 1 fully saturated rings. The van der Waals surface area contributed by atoms with Crippen LogP contribution in [0.3, 0.4) is 0 Å². The second kappa shape index (κ2) is 7.31. The molecule has 0 N–H and O–H groups in total. The zero-order chi connectivity index (χ0) is 18.9. The lowest BCUT2D eigenvalue weighted by Gasteiger charge is -2.41. The van der Waals surface area contributed by atoms with Crippen LogP contribution in [0.1, 0.15) is 31.7 Å². The van der Waals surface area contributed by atoms with Crippen LogP contribution in [0.15, 0.2) is 36.4 Å². The SMILES string of the molecule is C=CC[C@H]1C[C@]2(C(C)Cc3cc(F)c(OC)cc3F)OCCC2=CC1=O. The van der Waals surface area contributed by atoms with E-state index < -0.39 is 17.2 Å². The van der Waals surface area contributed by atoms with Gasteiger partial charge in [0.05, 0.1) is 19.3 Å². The van der Waals surface area contributed by atoms with Crippen molar-refractivity contribution in [3.8, 4) is 5.75 Å². The molecule has 1 aromatic carbocycles. The first kappa shape index (κ1) is 18.8. The van der Waals surface area contributed by atoms with Crippen molar-refractivity contribution in [1.29, 1.82) is 0 Å². The normalized spacial score (nSPS) is 26.2. The molecule has 1 saturated heterocycles. The highest BCUT2D eigenvalue weighted by Crippen LogP contribution is 2.47. The maximum absolute atomic E-state index is 14.4. The third-order valence-electron chi connectivity index (χ3n) is 5.64. The van der Waals surface area contributed by atoms with E-state index >= 15 is 0 Å². The first-order chi connectivity index (χ1) is 12.4. The predicted octanol–water partition coefficient (Wildman–Crippen LogP) is 4.40. The van der Waals surface area contributed by atoms with E-state index in [0.29, 0.717) is 32.3 Å². The van der Waals surface area contributed by atoms with Gasteiger partial charge in [-0.15, -0.1) is 6.58 Å². The van der Waals surface area contributed by atoms with E-state index in [-0.39, 0.29) is 28.9 Å². The van der Waals surface area contributed by atoms with Crippen molar-refractivity contribution in [2.75, 3.05) is 13.7 Å². The van der Waals surface area contributed by atoms with Gasteiger partial charge >= 0.3 is 0 Å². The van der Waals surface area contributed by atoms with Crippen LogP contribution in [-0.2, 0) is 16.0 Å². The van der Waals surface area contributed by atoms with E-state index in [0.717, 1.165) is 11.6 Å². The Balaban J connectivity index is 1.89. The van der Waals surface area contributed by atoms with Gasteiger partial charge in [-0.3, -0.25) is 4.79 Å². The number of methoxy groups -OCH3 is 1. The number of allylic oxidation sites excluding steroid dienone is 2. The molecule has 26 heavy (non-hydrogen) atoms. The number of ketones is 1. The number of benzene rings is 1. The molecule has 0 bridgehead atoms. The molecule has 0 spiro atoms. The fraction of sp³-hybridized carbons (Fsp3) is 0.476. The third-order valence-corrected chi connectivity index (χ3v) is 5.64. The van der Waals surface area contributed by atoms with Crippen molar-refractivity contribution in [1.82, 2.24) is 0 Å². The molecule has 140 valence electrons. The van der Waals surface area contributed by atoms with Crippen LogP contribution in [-0.4, -0.2) is 25.1 Å². The van der Waals surface area contributed by atoms with Crippen LogP contribution in [0.25, 0.3) is 0 Å². The zero-order valence-electron chi connectivity index (χ0n) is 15.2. The molecule has 1 heterocycles. The standard InChI is InChI=1S/C21H24F2O3/c1-4-5-14-12-21(16(6-7-26-21)10-19(14)24)13(2)8-15-9-18(23)20(25-3)11-17(15)22/h4,9-11,13-14H,1,5-8,12H2,2-3H3/t13?,14-,21+/m0/s1. The molecule has 5 heteroatoms. The van der Waals surface area contributed by atoms with Gasteiger partial charge in [0, 0.05) is 12.0 Å². The molecule has 0 saturated carbocycles. The van der Waals surface area contributed by atoms with Crippen molar-refractivity contribution < 1.29 is 23.0 Å². The predicted molar refractivity (Wildman–Crippen MR) is 95.1 cm³/mol. The fourth-order valence-corrected chi connectivity index (χ4v) is 4.23. The van der Waals surface area contributed by atoms with E-state index in [4.69, 9.17) is 9.47 Å². The maximum atomic E-state index is 14.4. The summed E-state index contributed by atoms with van der Waals surface area (Å²) in [5.74, 6) is -1.35. The lowest BCUT2D eigenvalue weighted by atomic mass is 9.68. The lowest BCUT2D eigenvalue weighted by molar-refractivity contribution is -0.123. The van der Waals surface area contributed by atoms with E-state index in [9.17, 15) is 13.6 Å². The summed E-state index contributed by atoms with van der Waals surface area (Å²) in [5.41, 5.74) is 0.673. The van der Waals surface area contributed by atoms with E-state index in [2.05, 4.69) is 6.58 Å². The number of hydrogen-bond acceptors (Lipinski definition) is 3. The summed E-state index contributed by atoms with van der Waals surface area (Å²) in [6, 6.07) is 2.26. The molecule has 1 unspecified atom stereocenters. The molecular weight excluding hydrogens is 338 g/mol. The molecule has 0 amide bonds. The summed E-state index contributed by atoms with van der Waals surface area (Å²) in [4.78, 5) is 12.3. The fourth-order valence-electron chi connectivity index (χ4n) is 4.23. The first-order valence-corrected chi connectivity index (χ1v) is 8.93. The van der Waals surface area contributed by atoms with Crippen LogP contribution < -0.4 is 4.74 Å². The highest BCUT2D eigenvalue weighted by Gasteiger charge is 2.49. The minimum atomic E-state index is -0.593. The monoisotopic (exact) mass is 362 g/mol. The third kappa shape index (κ3) is 3.20. The lowest BCUT2D eigenvalue weighted by Crippen LogP contribution is -2.44. The topological polar surface area (TPSA) is 35.5 Å². The van der Waals surface area contributed by atoms with Gasteiger partial charge in [0.25, 0.3) is 0 Å². The average molecular weight is 362 g/mol. The van der Waals surface area contributed by atoms with Gasteiger partial charge in [0.15, 0.2) is 17.3 Å². The number of hydrogen-bond donors (Lipinski definition) is 0. The van der Waals surface area contributed by atoms with E-state index in [1.165, 1.54) is 13.2 Å². The largest absolute Gasteiger partial charge is 0.494 e. The summed E-state index contributed by atoms with van der Waals surface area (Å²) >= 11 is 0. The van der Waals surface area contributed by atoms with E-state index in [1.807, 2.05) is 6.92 Å². The Hall–Kier alpha value is -2.01. The molecule has 0 aromatic heterocycles. The number of carbonyl (C=O) groups excluding carboxylic acids is 1. The summed E-state index contributed by atoms with van der Waals surface area (Å²) in [7, 11) is 1.31. The van der Waals surface area contributed by atoms with Crippen LogP contribution in [0.4, 0.5) is 8.78 Å². The number of halogens is 2. The molecule has 0 radical (unpaired) electrons. The van der Waals surface area contributed by atoms with Crippen molar-refractivity contribution >= 4 is 5.78 Å². The van der Waals surface area contributed by atoms with Gasteiger partial charge < -0.3 is 9.47 Å². The van der Waals surface area contributed by atoms with Crippen LogP contribution >= 0.6 is 0 Å². The molecule has 3 atom stereocenters. The van der Waals surface area contributed by atoms with Crippen LogP contribution in [0.2, 0.25) is 0 Å². The molecule has 1 aliphatic heterocycles. The highest BCUT2D eigenvalue weighted by atomic mass is 19.1. The molecule has 3 rings (SSSR count). The Bertz CT molecular complexity index is 756. The molecule has 2 aliphatic rings. The maximum Gasteiger partial charge on any atom is 0.165 e. The van der Waals surface area contributed by atoms with Gasteiger partial charge in [0.1, 0.15) is 5.82 Å². The number of carbonyl (C=O) groups is 1. The number of rotatable bonds is 6. The van der Waals surface area contributed by atoms with Crippen molar-refractivity contribution in [2.24, 2.45) is 11.8 Å². The first-order valence-electron chi connectivity index (χ1n) is 8.93. The quantitative estimate of drug-likeness (QED) is 0.704. The minimum Gasteiger partial charge on any atom is -0.494 e. The van der Waals surface area contributed by atoms with Crippen molar-refractivity contribution in [3.05, 3.63) is 53.6 Å². The Morgan fingerprint density at radius 3 is 2.88 bits per heavy atom. The second-order valence-corrected chi connectivity index (χ2v) is 7.17. The van der Waals surface area contributed by atoms with Crippen LogP contribution in [0, 0.1) is 23.5 Å². The summed E-state index contributed by atoms with van der Waals surface area (Å²) in [6.07, 6.45) is 5.62. The van der Waals surface area contributed by atoms with Crippen LogP contribution in [0.5, 0.6) is 5.75 Å². The minimum absolute atomic E-state index is 0.0982. The Kier molecular flexibility index (Phi) is 5.28. The molecule has 1 aliphatic carbocycles. The van der Waals surface area contributed by atoms with Gasteiger partial charge in [-0.2, -0.15) is 0 Å². The van der Waals surface area contributed by atoms with Crippen molar-refractivity contribution in [3.63, 3.8) is 0 Å². The van der Waals surface area contributed by atoms with Gasteiger partial charge in [-0.1, -0.05) is 13.0 Å². The zero-order valence-corrected chi connectivity index (χ0v) is 15.2. The summed E-state index contributed by atoms with van der Waals surface area (Å²) < 4.78 is 39.3. The summed E-state index contributed by atoms with van der Waals surface area (Å²) in [6.45, 7) is 6.25. The smallest absolute Gasteiger partial charge is 0.165 e. The highest BCUT2D eigenvalue weighted by molar-refractivity contribution is 5.94. The van der Waals surface area contributed by atoms with Gasteiger partial charge in [0.2, 0.25) is 0 Å². The van der Waals surface area contributed by atoms with E-state index in [1.54, 1.807) is 12.2 Å². The molecule has 1 aromatic rings. The number of fused-ring (bicyclic) bond motifs is 1. The molecular formula is C21H24F2O3. The Labute approximate surface area is 152 Å². The molecule has 3 nitrogen and oxygen atoms in total. The second-order valence-electron chi connectivity index (χ2n) is 7.17. The van der Waals surface area contributed by atoms with Gasteiger partial charge in [-0.05, 0) is 54.9 Å². The van der Waals surface area contributed by atoms with Gasteiger partial charge in [-0.25, -0.2) is 8.78 Å². The summed E-state index contributed by atoms with van der Waals surface area (Å²) in [5, 5.41) is 0.